The molecule has 23 heavy (non-hydrogen) atoms. The van der Waals surface area contributed by atoms with E-state index in [0.717, 1.165) is 6.42 Å². The van der Waals surface area contributed by atoms with Gasteiger partial charge >= 0.3 is 0 Å². The van der Waals surface area contributed by atoms with Gasteiger partial charge in [-0.1, -0.05) is 0 Å². The van der Waals surface area contributed by atoms with Gasteiger partial charge in [-0.05, 0) is 23.8 Å². The van der Waals surface area contributed by atoms with Crippen molar-refractivity contribution in [1.82, 2.24) is 9.21 Å². The molecule has 2 aliphatic heterocycles. The van der Waals surface area contributed by atoms with E-state index in [-0.39, 0.29) is 17.2 Å². The molecule has 1 amide bonds. The van der Waals surface area contributed by atoms with Gasteiger partial charge in [-0.25, -0.2) is 12.7 Å². The fraction of sp³-hybridized carbons (Fsp3) is 0.667. The van der Waals surface area contributed by atoms with E-state index >= 15 is 0 Å². The zero-order valence-electron chi connectivity index (χ0n) is 13.4. The second kappa shape index (κ2) is 6.16. The minimum atomic E-state index is -3.22. The summed E-state index contributed by atoms with van der Waals surface area (Å²) in [6.07, 6.45) is 2.02. The highest BCUT2D eigenvalue weighted by Crippen LogP contribution is 2.44. The van der Waals surface area contributed by atoms with E-state index in [9.17, 15) is 13.2 Å². The Morgan fingerprint density at radius 3 is 2.87 bits per heavy atom. The minimum Gasteiger partial charge on any atom is -0.384 e. The normalized spacial score (nSPS) is 28.8. The topological polar surface area (TPSA) is 66.9 Å². The van der Waals surface area contributed by atoms with Gasteiger partial charge in [-0.3, -0.25) is 4.79 Å². The molecule has 3 heterocycles. The lowest BCUT2D eigenvalue weighted by atomic mass is 9.73. The molecule has 0 bridgehead atoms. The highest BCUT2D eigenvalue weighted by atomic mass is 32.2. The predicted octanol–water partition coefficient (Wildman–Crippen LogP) is 1.12. The van der Waals surface area contributed by atoms with Gasteiger partial charge in [0.1, 0.15) is 0 Å². The molecule has 0 saturated carbocycles. The maximum Gasteiger partial charge on any atom is 0.254 e. The van der Waals surface area contributed by atoms with E-state index < -0.39 is 10.0 Å². The highest BCUT2D eigenvalue weighted by molar-refractivity contribution is 7.88. The lowest BCUT2D eigenvalue weighted by molar-refractivity contribution is 0.00344. The quantitative estimate of drug-likeness (QED) is 0.809. The van der Waals surface area contributed by atoms with Gasteiger partial charge in [-0.15, -0.1) is 0 Å². The van der Waals surface area contributed by atoms with Crippen LogP contribution in [0.5, 0.6) is 0 Å². The zero-order chi connectivity index (χ0) is 16.7. The Bertz CT molecular complexity index is 674. The number of piperidine rings is 1. The lowest BCUT2D eigenvalue weighted by Gasteiger charge is -2.43. The van der Waals surface area contributed by atoms with Crippen LogP contribution in [0.15, 0.2) is 16.8 Å². The van der Waals surface area contributed by atoms with Crippen molar-refractivity contribution in [1.29, 1.82) is 0 Å². The second-order valence-electron chi connectivity index (χ2n) is 6.56. The number of carbonyl (C=O) groups excluding carboxylic acids is 1. The Kier molecular flexibility index (Phi) is 4.52. The number of hydrogen-bond donors (Lipinski definition) is 0. The zero-order valence-corrected chi connectivity index (χ0v) is 15.0. The first kappa shape index (κ1) is 16.9. The average molecular weight is 358 g/mol. The summed E-state index contributed by atoms with van der Waals surface area (Å²) in [7, 11) is -1.57. The summed E-state index contributed by atoms with van der Waals surface area (Å²) in [6.45, 7) is 2.72. The molecule has 0 N–H and O–H groups in total. The van der Waals surface area contributed by atoms with E-state index in [1.807, 2.05) is 21.7 Å². The number of nitrogens with zero attached hydrogens (tertiary/aromatic N) is 2. The van der Waals surface area contributed by atoms with Gasteiger partial charge in [0.15, 0.2) is 0 Å². The molecule has 2 atom stereocenters. The van der Waals surface area contributed by atoms with Crippen molar-refractivity contribution in [3.05, 3.63) is 22.4 Å². The molecular weight excluding hydrogens is 336 g/mol. The number of hydrogen-bond acceptors (Lipinski definition) is 5. The molecule has 3 rings (SSSR count). The fourth-order valence-electron chi connectivity index (χ4n) is 3.76. The molecule has 128 valence electrons. The Hall–Kier alpha value is -0.960. The number of rotatable bonds is 4. The number of likely N-dealkylation sites (tertiary alicyclic amines) is 1. The van der Waals surface area contributed by atoms with Crippen LogP contribution in [0.1, 0.15) is 16.8 Å². The minimum absolute atomic E-state index is 0.0371. The first-order chi connectivity index (χ1) is 10.9. The third kappa shape index (κ3) is 3.17. The Labute approximate surface area is 141 Å². The van der Waals surface area contributed by atoms with Crippen LogP contribution in [0.4, 0.5) is 0 Å². The average Bonchev–Trinajstić information content (AvgIpc) is 3.13. The van der Waals surface area contributed by atoms with Gasteiger partial charge in [0.25, 0.3) is 5.91 Å². The number of fused-ring (bicyclic) bond motifs is 1. The van der Waals surface area contributed by atoms with Crippen molar-refractivity contribution in [2.24, 2.45) is 11.3 Å². The van der Waals surface area contributed by atoms with E-state index in [1.54, 1.807) is 7.11 Å². The molecule has 1 aromatic rings. The SMILES string of the molecule is COC[C@@]12CCN(C(=O)c3ccsc3)C[C@@H]1CN(S(C)(=O)=O)C2. The van der Waals surface area contributed by atoms with Gasteiger partial charge in [-0.2, -0.15) is 11.3 Å². The van der Waals surface area contributed by atoms with E-state index in [4.69, 9.17) is 4.74 Å². The number of sulfonamides is 1. The van der Waals surface area contributed by atoms with Gasteiger partial charge < -0.3 is 9.64 Å². The van der Waals surface area contributed by atoms with E-state index in [0.29, 0.717) is 38.3 Å². The highest BCUT2D eigenvalue weighted by Gasteiger charge is 2.52. The molecule has 6 nitrogen and oxygen atoms in total. The van der Waals surface area contributed by atoms with Crippen LogP contribution in [-0.2, 0) is 14.8 Å². The monoisotopic (exact) mass is 358 g/mol. The van der Waals surface area contributed by atoms with Crippen LogP contribution in [0, 0.1) is 11.3 Å². The van der Waals surface area contributed by atoms with Gasteiger partial charge in [0.2, 0.25) is 10.0 Å². The summed E-state index contributed by atoms with van der Waals surface area (Å²) in [6, 6.07) is 1.83. The molecular formula is C15H22N2O4S2. The standard InChI is InChI=1S/C15H22N2O4S2/c1-21-11-15-4-5-16(14(18)12-3-6-22-9-12)7-13(15)8-17(10-15)23(2,19)20/h3,6,9,13H,4-5,7-8,10-11H2,1-2H3/t13-,15+/m1/s1. The summed E-state index contributed by atoms with van der Waals surface area (Å²) in [4.78, 5) is 14.4. The molecule has 2 saturated heterocycles. The lowest BCUT2D eigenvalue weighted by Crippen LogP contribution is -2.50. The van der Waals surface area contributed by atoms with Gasteiger partial charge in [0, 0.05) is 44.1 Å². The summed E-state index contributed by atoms with van der Waals surface area (Å²) in [5.41, 5.74) is 0.538. The van der Waals surface area contributed by atoms with Crippen molar-refractivity contribution in [2.75, 3.05) is 46.2 Å². The Balaban J connectivity index is 1.79. The largest absolute Gasteiger partial charge is 0.384 e. The molecule has 2 fully saturated rings. The van der Waals surface area contributed by atoms with Crippen molar-refractivity contribution in [3.8, 4) is 0 Å². The van der Waals surface area contributed by atoms with Crippen LogP contribution in [0.2, 0.25) is 0 Å². The van der Waals surface area contributed by atoms with E-state index in [2.05, 4.69) is 0 Å². The third-order valence-corrected chi connectivity index (χ3v) is 6.96. The summed E-state index contributed by atoms with van der Waals surface area (Å²) in [5.74, 6) is 0.156. The number of carbonyl (C=O) groups is 1. The van der Waals surface area contributed by atoms with Crippen molar-refractivity contribution >= 4 is 27.3 Å². The third-order valence-electron chi connectivity index (χ3n) is 5.06. The first-order valence-electron chi connectivity index (χ1n) is 7.61. The molecule has 2 aliphatic rings. The van der Waals surface area contributed by atoms with Crippen LogP contribution >= 0.6 is 11.3 Å². The molecule has 0 aliphatic carbocycles. The number of ether oxygens (including phenoxy) is 1. The number of methoxy groups -OCH3 is 1. The Morgan fingerprint density at radius 1 is 1.48 bits per heavy atom. The molecule has 1 aromatic heterocycles. The predicted molar refractivity (Wildman–Crippen MR) is 89.1 cm³/mol. The smallest absolute Gasteiger partial charge is 0.254 e. The summed E-state index contributed by atoms with van der Waals surface area (Å²) >= 11 is 1.51. The summed E-state index contributed by atoms with van der Waals surface area (Å²) < 4.78 is 30.8. The van der Waals surface area contributed by atoms with Crippen LogP contribution < -0.4 is 0 Å². The second-order valence-corrected chi connectivity index (χ2v) is 9.32. The van der Waals surface area contributed by atoms with Crippen LogP contribution in [0.25, 0.3) is 0 Å². The van der Waals surface area contributed by atoms with Gasteiger partial charge in [0.05, 0.1) is 18.4 Å². The molecule has 0 aromatic carbocycles. The Morgan fingerprint density at radius 2 is 2.26 bits per heavy atom. The number of thiophene rings is 1. The molecule has 0 spiro atoms. The van der Waals surface area contributed by atoms with Crippen molar-refractivity contribution in [3.63, 3.8) is 0 Å². The maximum absolute atomic E-state index is 12.6. The summed E-state index contributed by atoms with van der Waals surface area (Å²) in [5, 5.41) is 3.75. The van der Waals surface area contributed by atoms with Crippen LogP contribution in [0.3, 0.4) is 0 Å². The van der Waals surface area contributed by atoms with Crippen molar-refractivity contribution in [2.45, 2.75) is 6.42 Å². The maximum atomic E-state index is 12.6. The van der Waals surface area contributed by atoms with Crippen molar-refractivity contribution < 1.29 is 17.9 Å². The fourth-order valence-corrected chi connectivity index (χ4v) is 5.33. The molecule has 8 heteroatoms. The van der Waals surface area contributed by atoms with Crippen LogP contribution in [-0.4, -0.2) is 69.7 Å². The van der Waals surface area contributed by atoms with E-state index in [1.165, 1.54) is 21.9 Å². The number of amides is 1. The first-order valence-corrected chi connectivity index (χ1v) is 10.4. The molecule has 0 unspecified atom stereocenters. The molecule has 0 radical (unpaired) electrons.